The number of benzene rings is 2. The Morgan fingerprint density at radius 1 is 1.16 bits per heavy atom. The van der Waals surface area contributed by atoms with Gasteiger partial charge in [0.25, 0.3) is 5.91 Å². The minimum atomic E-state index is -0.531. The van der Waals surface area contributed by atoms with Crippen molar-refractivity contribution in [3.8, 4) is 17.0 Å². The predicted octanol–water partition coefficient (Wildman–Crippen LogP) is 3.01. The van der Waals surface area contributed by atoms with E-state index in [2.05, 4.69) is 10.6 Å². The summed E-state index contributed by atoms with van der Waals surface area (Å²) < 4.78 is 7.00. The third-order valence-corrected chi connectivity index (χ3v) is 5.40. The summed E-state index contributed by atoms with van der Waals surface area (Å²) in [5, 5.41) is 10.5. The minimum Gasteiger partial charge on any atom is -0.497 e. The molecule has 2 N–H and O–H groups in total. The van der Waals surface area contributed by atoms with Crippen LogP contribution in [0, 0.1) is 0 Å². The summed E-state index contributed by atoms with van der Waals surface area (Å²) in [5.74, 6) is 0.300. The zero-order valence-corrected chi connectivity index (χ0v) is 17.5. The third-order valence-electron chi connectivity index (χ3n) is 5.40. The van der Waals surface area contributed by atoms with E-state index in [1.807, 2.05) is 54.6 Å². The van der Waals surface area contributed by atoms with E-state index in [4.69, 9.17) is 9.84 Å². The van der Waals surface area contributed by atoms with Crippen molar-refractivity contribution in [2.75, 3.05) is 13.7 Å². The molecule has 7 heteroatoms. The van der Waals surface area contributed by atoms with Crippen molar-refractivity contribution in [2.24, 2.45) is 0 Å². The first-order chi connectivity index (χ1) is 15.1. The Labute approximate surface area is 181 Å². The maximum Gasteiger partial charge on any atom is 0.255 e. The molecule has 1 unspecified atom stereocenters. The number of methoxy groups -OCH3 is 1. The largest absolute Gasteiger partial charge is 0.497 e. The van der Waals surface area contributed by atoms with Crippen molar-refractivity contribution in [1.29, 1.82) is 0 Å². The molecule has 1 saturated heterocycles. The molecule has 160 valence electrons. The Morgan fingerprint density at radius 2 is 1.94 bits per heavy atom. The highest BCUT2D eigenvalue weighted by Gasteiger charge is 2.25. The normalized spacial score (nSPS) is 16.3. The Kier molecular flexibility index (Phi) is 6.31. The molecule has 1 aliphatic heterocycles. The van der Waals surface area contributed by atoms with Crippen molar-refractivity contribution in [1.82, 2.24) is 20.4 Å². The SMILES string of the molecule is COc1ccc(-c2nn(Cc3ccccc3)cc2C(=O)NC2CCCCNC2=O)cc1. The summed E-state index contributed by atoms with van der Waals surface area (Å²) >= 11 is 0. The highest BCUT2D eigenvalue weighted by atomic mass is 16.5. The average molecular weight is 418 g/mol. The van der Waals surface area contributed by atoms with Gasteiger partial charge in [-0.25, -0.2) is 0 Å². The van der Waals surface area contributed by atoms with Gasteiger partial charge in [0.1, 0.15) is 17.5 Å². The van der Waals surface area contributed by atoms with E-state index in [1.165, 1.54) is 0 Å². The number of amides is 2. The molecule has 4 rings (SSSR count). The van der Waals surface area contributed by atoms with Gasteiger partial charge in [0, 0.05) is 18.3 Å². The smallest absolute Gasteiger partial charge is 0.255 e. The second kappa shape index (κ2) is 9.47. The van der Waals surface area contributed by atoms with Gasteiger partial charge < -0.3 is 15.4 Å². The summed E-state index contributed by atoms with van der Waals surface area (Å²) in [4.78, 5) is 25.5. The molecule has 2 amide bonds. The van der Waals surface area contributed by atoms with Crippen LogP contribution < -0.4 is 15.4 Å². The number of nitrogens with zero attached hydrogens (tertiary/aromatic N) is 2. The first-order valence-electron chi connectivity index (χ1n) is 10.5. The zero-order chi connectivity index (χ0) is 21.6. The van der Waals surface area contributed by atoms with Crippen LogP contribution in [0.15, 0.2) is 60.8 Å². The maximum absolute atomic E-state index is 13.2. The number of nitrogens with one attached hydrogen (secondary N) is 2. The number of carbonyl (C=O) groups is 2. The quantitative estimate of drug-likeness (QED) is 0.644. The molecular weight excluding hydrogens is 392 g/mol. The van der Waals surface area contributed by atoms with E-state index >= 15 is 0 Å². The zero-order valence-electron chi connectivity index (χ0n) is 17.5. The standard InChI is InChI=1S/C24H26N4O3/c1-31-19-12-10-18(11-13-19)22-20(16-28(27-22)15-17-7-3-2-4-8-17)23(29)26-21-9-5-6-14-25-24(21)30/h2-4,7-8,10-13,16,21H,5-6,9,14-15H2,1H3,(H,25,30)(H,26,29). The van der Waals surface area contributed by atoms with Crippen LogP contribution in [0.5, 0.6) is 5.75 Å². The summed E-state index contributed by atoms with van der Waals surface area (Å²) in [6.45, 7) is 1.19. The van der Waals surface area contributed by atoms with Crippen molar-refractivity contribution in [2.45, 2.75) is 31.8 Å². The molecule has 0 saturated carbocycles. The average Bonchev–Trinajstić information content (AvgIpc) is 3.11. The van der Waals surface area contributed by atoms with Crippen LogP contribution in [0.3, 0.4) is 0 Å². The predicted molar refractivity (Wildman–Crippen MR) is 118 cm³/mol. The van der Waals surface area contributed by atoms with Gasteiger partial charge in [-0.3, -0.25) is 14.3 Å². The van der Waals surface area contributed by atoms with Crippen LogP contribution in [0.1, 0.15) is 35.2 Å². The van der Waals surface area contributed by atoms with Gasteiger partial charge in [0.05, 0.1) is 19.2 Å². The molecule has 0 radical (unpaired) electrons. The van der Waals surface area contributed by atoms with E-state index < -0.39 is 6.04 Å². The van der Waals surface area contributed by atoms with E-state index in [1.54, 1.807) is 18.0 Å². The summed E-state index contributed by atoms with van der Waals surface area (Å²) in [5.41, 5.74) is 2.91. The number of hydrogen-bond donors (Lipinski definition) is 2. The Balaban J connectivity index is 1.64. The number of aromatic nitrogens is 2. The van der Waals surface area contributed by atoms with Crippen LogP contribution >= 0.6 is 0 Å². The third kappa shape index (κ3) is 4.94. The molecule has 0 spiro atoms. The second-order valence-electron chi connectivity index (χ2n) is 7.62. The van der Waals surface area contributed by atoms with Crippen molar-refractivity contribution in [3.63, 3.8) is 0 Å². The molecule has 1 atom stereocenters. The first-order valence-corrected chi connectivity index (χ1v) is 10.5. The highest BCUT2D eigenvalue weighted by Crippen LogP contribution is 2.25. The van der Waals surface area contributed by atoms with Gasteiger partial charge in [-0.15, -0.1) is 0 Å². The Bertz CT molecular complexity index is 1040. The molecule has 0 bridgehead atoms. The molecule has 31 heavy (non-hydrogen) atoms. The fourth-order valence-electron chi connectivity index (χ4n) is 3.71. The fourth-order valence-corrected chi connectivity index (χ4v) is 3.71. The molecule has 7 nitrogen and oxygen atoms in total. The summed E-state index contributed by atoms with van der Waals surface area (Å²) in [6.07, 6.45) is 4.19. The second-order valence-corrected chi connectivity index (χ2v) is 7.62. The lowest BCUT2D eigenvalue weighted by molar-refractivity contribution is -0.122. The lowest BCUT2D eigenvalue weighted by Crippen LogP contribution is -2.45. The van der Waals surface area contributed by atoms with Crippen LogP contribution in [-0.2, 0) is 11.3 Å². The van der Waals surface area contributed by atoms with Crippen LogP contribution in [0.25, 0.3) is 11.3 Å². The van der Waals surface area contributed by atoms with Crippen molar-refractivity contribution < 1.29 is 14.3 Å². The van der Waals surface area contributed by atoms with Crippen molar-refractivity contribution >= 4 is 11.8 Å². The van der Waals surface area contributed by atoms with E-state index in [-0.39, 0.29) is 11.8 Å². The Morgan fingerprint density at radius 3 is 2.68 bits per heavy atom. The number of ether oxygens (including phenoxy) is 1. The summed E-state index contributed by atoms with van der Waals surface area (Å²) in [6, 6.07) is 16.9. The molecule has 1 aliphatic rings. The first kappa shape index (κ1) is 20.7. The Hall–Kier alpha value is -3.61. The van der Waals surface area contributed by atoms with E-state index in [0.717, 1.165) is 29.7 Å². The molecule has 2 heterocycles. The van der Waals surface area contributed by atoms with E-state index in [9.17, 15) is 9.59 Å². The molecule has 2 aromatic carbocycles. The van der Waals surface area contributed by atoms with Crippen LogP contribution in [0.4, 0.5) is 0 Å². The highest BCUT2D eigenvalue weighted by molar-refractivity contribution is 6.02. The molecule has 1 aromatic heterocycles. The maximum atomic E-state index is 13.2. The van der Waals surface area contributed by atoms with Gasteiger partial charge >= 0.3 is 0 Å². The topological polar surface area (TPSA) is 85.2 Å². The molecule has 1 fully saturated rings. The molecular formula is C24H26N4O3. The minimum absolute atomic E-state index is 0.131. The van der Waals surface area contributed by atoms with Gasteiger partial charge in [-0.05, 0) is 49.1 Å². The monoisotopic (exact) mass is 418 g/mol. The number of hydrogen-bond acceptors (Lipinski definition) is 4. The van der Waals surface area contributed by atoms with Crippen LogP contribution in [-0.4, -0.2) is 41.3 Å². The fraction of sp³-hybridized carbons (Fsp3) is 0.292. The van der Waals surface area contributed by atoms with E-state index in [0.29, 0.717) is 30.8 Å². The van der Waals surface area contributed by atoms with Gasteiger partial charge in [0.2, 0.25) is 5.91 Å². The number of carbonyl (C=O) groups excluding carboxylic acids is 2. The summed E-state index contributed by atoms with van der Waals surface area (Å²) in [7, 11) is 1.61. The molecule has 3 aromatic rings. The van der Waals surface area contributed by atoms with Crippen molar-refractivity contribution in [3.05, 3.63) is 71.9 Å². The number of rotatable bonds is 6. The van der Waals surface area contributed by atoms with Crippen LogP contribution in [0.2, 0.25) is 0 Å². The molecule has 0 aliphatic carbocycles. The lowest BCUT2D eigenvalue weighted by Gasteiger charge is -2.15. The van der Waals surface area contributed by atoms with Gasteiger partial charge in [-0.1, -0.05) is 30.3 Å². The van der Waals surface area contributed by atoms with Gasteiger partial charge in [0.15, 0.2) is 0 Å². The lowest BCUT2D eigenvalue weighted by atomic mass is 10.1. The van der Waals surface area contributed by atoms with Gasteiger partial charge in [-0.2, -0.15) is 5.10 Å².